The molecule has 1 amide bonds. The van der Waals surface area contributed by atoms with Crippen LogP contribution in [0.4, 0.5) is 5.69 Å². The van der Waals surface area contributed by atoms with Gasteiger partial charge >= 0.3 is 0 Å². The summed E-state index contributed by atoms with van der Waals surface area (Å²) < 4.78 is 1.71. The summed E-state index contributed by atoms with van der Waals surface area (Å²) in [7, 11) is 3.80. The normalized spacial score (nSPS) is 18.7. The third kappa shape index (κ3) is 2.78. The molecule has 1 saturated heterocycles. The van der Waals surface area contributed by atoms with Crippen LogP contribution in [0.2, 0.25) is 0 Å². The number of anilines is 1. The molecule has 0 spiro atoms. The lowest BCUT2D eigenvalue weighted by atomic mass is 10.2. The monoisotopic (exact) mass is 286 g/mol. The van der Waals surface area contributed by atoms with E-state index in [1.807, 2.05) is 25.2 Å². The first kappa shape index (κ1) is 13.7. The molecular formula is C14H18N6O. The van der Waals surface area contributed by atoms with Crippen molar-refractivity contribution < 1.29 is 4.79 Å². The first-order valence-corrected chi connectivity index (χ1v) is 6.90. The molecule has 0 bridgehead atoms. The zero-order chi connectivity index (χ0) is 14.8. The van der Waals surface area contributed by atoms with Crippen molar-refractivity contribution in [3.05, 3.63) is 36.7 Å². The van der Waals surface area contributed by atoms with Gasteiger partial charge in [-0.15, -0.1) is 0 Å². The first-order valence-electron chi connectivity index (χ1n) is 6.90. The summed E-state index contributed by atoms with van der Waals surface area (Å²) >= 11 is 0. The van der Waals surface area contributed by atoms with E-state index in [0.29, 0.717) is 6.54 Å². The van der Waals surface area contributed by atoms with Crippen LogP contribution in [0, 0.1) is 0 Å². The number of carbonyl (C=O) groups is 1. The van der Waals surface area contributed by atoms with Crippen LogP contribution in [0.25, 0.3) is 0 Å². The summed E-state index contributed by atoms with van der Waals surface area (Å²) in [5.41, 5.74) is 1.73. The Kier molecular flexibility index (Phi) is 3.66. The molecule has 0 aliphatic carbocycles. The Hall–Kier alpha value is -2.28. The van der Waals surface area contributed by atoms with Crippen molar-refractivity contribution in [1.29, 1.82) is 0 Å². The molecule has 2 aromatic rings. The Morgan fingerprint density at radius 3 is 2.90 bits per heavy atom. The Labute approximate surface area is 123 Å². The van der Waals surface area contributed by atoms with E-state index in [9.17, 15) is 4.79 Å². The summed E-state index contributed by atoms with van der Waals surface area (Å²) in [5.74, 6) is 0.120. The number of rotatable bonds is 4. The smallest absolute Gasteiger partial charge is 0.244 e. The molecule has 1 aliphatic heterocycles. The van der Waals surface area contributed by atoms with Gasteiger partial charge in [-0.1, -0.05) is 0 Å². The van der Waals surface area contributed by atoms with Crippen LogP contribution in [0.15, 0.2) is 31.0 Å². The van der Waals surface area contributed by atoms with Gasteiger partial charge in [-0.2, -0.15) is 5.10 Å². The Bertz CT molecular complexity index is 625. The maximum atomic E-state index is 12.6. The maximum absolute atomic E-state index is 12.6. The lowest BCUT2D eigenvalue weighted by Gasteiger charge is -2.22. The van der Waals surface area contributed by atoms with Crippen LogP contribution in [-0.4, -0.2) is 50.2 Å². The summed E-state index contributed by atoms with van der Waals surface area (Å²) in [6.07, 6.45) is 9.45. The minimum absolute atomic E-state index is 0.118. The van der Waals surface area contributed by atoms with Gasteiger partial charge in [-0.3, -0.25) is 24.3 Å². The molecule has 7 heteroatoms. The Balaban J connectivity index is 1.68. The zero-order valence-corrected chi connectivity index (χ0v) is 12.2. The highest BCUT2D eigenvalue weighted by Gasteiger charge is 2.35. The number of aromatic nitrogens is 4. The van der Waals surface area contributed by atoms with Crippen LogP contribution in [-0.2, 0) is 18.4 Å². The molecule has 110 valence electrons. The number of amides is 1. The van der Waals surface area contributed by atoms with Gasteiger partial charge in [0.05, 0.1) is 23.6 Å². The van der Waals surface area contributed by atoms with Gasteiger partial charge in [0.1, 0.15) is 0 Å². The Morgan fingerprint density at radius 1 is 1.38 bits per heavy atom. The maximum Gasteiger partial charge on any atom is 0.244 e. The molecular weight excluding hydrogens is 268 g/mol. The minimum Gasteiger partial charge on any atom is -0.308 e. The number of nitrogens with zero attached hydrogens (tertiary/aromatic N) is 6. The van der Waals surface area contributed by atoms with E-state index >= 15 is 0 Å². The molecule has 0 N–H and O–H groups in total. The second-order valence-corrected chi connectivity index (χ2v) is 5.28. The van der Waals surface area contributed by atoms with E-state index in [-0.39, 0.29) is 11.9 Å². The predicted molar refractivity (Wildman–Crippen MR) is 77.5 cm³/mol. The fourth-order valence-corrected chi connectivity index (χ4v) is 2.66. The van der Waals surface area contributed by atoms with E-state index in [1.165, 1.54) is 0 Å². The van der Waals surface area contributed by atoms with Gasteiger partial charge in [-0.25, -0.2) is 0 Å². The van der Waals surface area contributed by atoms with E-state index < -0.39 is 0 Å². The van der Waals surface area contributed by atoms with Gasteiger partial charge in [0.15, 0.2) is 0 Å². The second kappa shape index (κ2) is 5.61. The van der Waals surface area contributed by atoms with Crippen LogP contribution < -0.4 is 4.90 Å². The average molecular weight is 286 g/mol. The van der Waals surface area contributed by atoms with Crippen molar-refractivity contribution in [3.63, 3.8) is 0 Å². The van der Waals surface area contributed by atoms with E-state index in [4.69, 9.17) is 0 Å². The largest absolute Gasteiger partial charge is 0.308 e. The predicted octanol–water partition coefficient (Wildman–Crippen LogP) is 0.447. The van der Waals surface area contributed by atoms with Crippen molar-refractivity contribution >= 4 is 11.6 Å². The van der Waals surface area contributed by atoms with E-state index in [1.54, 1.807) is 34.4 Å². The number of hydrogen-bond acceptors (Lipinski definition) is 5. The highest BCUT2D eigenvalue weighted by atomic mass is 16.2. The highest BCUT2D eigenvalue weighted by molar-refractivity contribution is 5.99. The third-order valence-electron chi connectivity index (χ3n) is 3.74. The zero-order valence-electron chi connectivity index (χ0n) is 12.2. The van der Waals surface area contributed by atoms with Gasteiger partial charge in [0.2, 0.25) is 5.91 Å². The van der Waals surface area contributed by atoms with Crippen LogP contribution >= 0.6 is 0 Å². The van der Waals surface area contributed by atoms with Gasteiger partial charge in [0, 0.05) is 44.9 Å². The minimum atomic E-state index is -0.118. The second-order valence-electron chi connectivity index (χ2n) is 5.28. The van der Waals surface area contributed by atoms with Crippen LogP contribution in [0.3, 0.4) is 0 Å². The fourth-order valence-electron chi connectivity index (χ4n) is 2.66. The molecule has 3 rings (SSSR count). The summed E-state index contributed by atoms with van der Waals surface area (Å²) in [6.45, 7) is 1.34. The molecule has 0 aromatic carbocycles. The van der Waals surface area contributed by atoms with Crippen LogP contribution in [0.5, 0.6) is 0 Å². The molecule has 7 nitrogen and oxygen atoms in total. The van der Waals surface area contributed by atoms with Crippen molar-refractivity contribution in [2.24, 2.45) is 7.05 Å². The standard InChI is InChI=1S/C14H18N6O/c1-18(9-11-7-15-4-5-16-11)13-3-6-20(14(13)21)12-8-17-19(2)10-12/h4-5,7-8,10,13H,3,6,9H2,1-2H3. The number of aryl methyl sites for hydroxylation is 1. The number of carbonyl (C=O) groups excluding carboxylic acids is 1. The van der Waals surface area contributed by atoms with Crippen molar-refractivity contribution in [1.82, 2.24) is 24.6 Å². The summed E-state index contributed by atoms with van der Waals surface area (Å²) in [4.78, 5) is 24.7. The fraction of sp³-hybridized carbons (Fsp3) is 0.429. The van der Waals surface area contributed by atoms with E-state index in [0.717, 1.165) is 24.3 Å². The first-order chi connectivity index (χ1) is 10.1. The number of likely N-dealkylation sites (N-methyl/N-ethyl adjacent to an activating group) is 1. The molecule has 1 aliphatic rings. The van der Waals surface area contributed by atoms with Crippen LogP contribution in [0.1, 0.15) is 12.1 Å². The molecule has 2 aromatic heterocycles. The quantitative estimate of drug-likeness (QED) is 0.816. The van der Waals surface area contributed by atoms with Crippen molar-refractivity contribution in [2.45, 2.75) is 19.0 Å². The van der Waals surface area contributed by atoms with Crippen molar-refractivity contribution in [3.8, 4) is 0 Å². The number of hydrogen-bond donors (Lipinski definition) is 0. The van der Waals surface area contributed by atoms with Gasteiger partial charge in [0.25, 0.3) is 0 Å². The average Bonchev–Trinajstić information content (AvgIpc) is 3.06. The molecule has 1 atom stereocenters. The summed E-state index contributed by atoms with van der Waals surface area (Å²) in [6, 6.07) is -0.118. The Morgan fingerprint density at radius 2 is 2.24 bits per heavy atom. The van der Waals surface area contributed by atoms with Gasteiger partial charge in [-0.05, 0) is 13.5 Å². The highest BCUT2D eigenvalue weighted by Crippen LogP contribution is 2.23. The lowest BCUT2D eigenvalue weighted by Crippen LogP contribution is -2.39. The summed E-state index contributed by atoms with van der Waals surface area (Å²) in [5, 5.41) is 4.12. The van der Waals surface area contributed by atoms with Gasteiger partial charge < -0.3 is 4.90 Å². The molecule has 1 unspecified atom stereocenters. The molecule has 21 heavy (non-hydrogen) atoms. The van der Waals surface area contributed by atoms with Crippen molar-refractivity contribution in [2.75, 3.05) is 18.5 Å². The molecule has 3 heterocycles. The lowest BCUT2D eigenvalue weighted by molar-refractivity contribution is -0.121. The third-order valence-corrected chi connectivity index (χ3v) is 3.74. The topological polar surface area (TPSA) is 67.2 Å². The molecule has 0 radical (unpaired) electrons. The van der Waals surface area contributed by atoms with E-state index in [2.05, 4.69) is 15.1 Å². The SMILES string of the molecule is CN(Cc1cnccn1)C1CCN(c2cnn(C)c2)C1=O. The molecule has 1 fully saturated rings. The molecule has 0 saturated carbocycles.